The molecule has 340 valence electrons. The number of hydrogen-bond acceptors (Lipinski definition) is 10. The molecule has 1 amide bonds. The molecule has 1 spiro atoms. The number of nitrogens with one attached hydrogen (secondary N) is 2. The third kappa shape index (κ3) is 11.6. The first-order chi connectivity index (χ1) is 29.3. The first-order valence-electron chi connectivity index (χ1n) is 22.8. The van der Waals surface area contributed by atoms with Crippen LogP contribution in [0, 0.1) is 17.8 Å². The quantitative estimate of drug-likeness (QED) is 0.156. The molecule has 4 heterocycles. The lowest BCUT2D eigenvalue weighted by Crippen LogP contribution is -2.55. The SMILES string of the molecule is CCC(CC)N1CCNCC1.CCI.C[C@@H]1[C@@H](C)C/C=C/[C@@](O)(C2SCCCS2)[C@@H]2CC[C@H]2CN2C[C@@]3(CCCc4cc(Cl)ccc43)COc3ccc(cc32)C(=O)NS1(=O)=O. The first kappa shape index (κ1) is 49.2. The Morgan fingerprint density at radius 1 is 1.03 bits per heavy atom. The van der Waals surface area contributed by atoms with E-state index in [1.807, 2.05) is 54.7 Å². The van der Waals surface area contributed by atoms with Gasteiger partial charge < -0.3 is 20.1 Å². The maximum absolute atomic E-state index is 13.5. The number of aryl methyl sites for hydroxylation is 1. The molecule has 0 unspecified atom stereocenters. The van der Waals surface area contributed by atoms with Crippen molar-refractivity contribution in [3.8, 4) is 5.75 Å². The van der Waals surface area contributed by atoms with Crippen LogP contribution in [0.3, 0.4) is 0 Å². The van der Waals surface area contributed by atoms with Gasteiger partial charge in [-0.1, -0.05) is 80.1 Å². The molecule has 8 rings (SSSR count). The van der Waals surface area contributed by atoms with Crippen molar-refractivity contribution in [3.63, 3.8) is 0 Å². The Labute approximate surface area is 394 Å². The summed E-state index contributed by atoms with van der Waals surface area (Å²) in [7, 11) is -3.95. The van der Waals surface area contributed by atoms with Gasteiger partial charge in [-0.25, -0.2) is 13.1 Å². The second-order valence-electron chi connectivity index (χ2n) is 17.9. The molecule has 4 aliphatic heterocycles. The number of alkyl halides is 1. The number of allylic oxidation sites excluding steroid dienone is 1. The van der Waals surface area contributed by atoms with Gasteiger partial charge in [-0.3, -0.25) is 9.69 Å². The van der Waals surface area contributed by atoms with Crippen LogP contribution >= 0.6 is 57.7 Å². The molecule has 6 atom stereocenters. The summed E-state index contributed by atoms with van der Waals surface area (Å²) in [6.45, 7) is 17.0. The molecule has 0 aromatic heterocycles. The monoisotopic (exact) mass is 1030 g/mol. The van der Waals surface area contributed by atoms with Crippen LogP contribution in [0.5, 0.6) is 5.75 Å². The van der Waals surface area contributed by atoms with Crippen LogP contribution in [0.4, 0.5) is 5.69 Å². The van der Waals surface area contributed by atoms with E-state index in [-0.39, 0.29) is 33.3 Å². The van der Waals surface area contributed by atoms with Crippen molar-refractivity contribution in [2.24, 2.45) is 17.8 Å². The van der Waals surface area contributed by atoms with Crippen LogP contribution in [0.2, 0.25) is 5.02 Å². The number of aliphatic hydroxyl groups is 1. The van der Waals surface area contributed by atoms with Gasteiger partial charge in [0.15, 0.2) is 0 Å². The lowest BCUT2D eigenvalue weighted by atomic mass is 9.64. The zero-order valence-electron chi connectivity index (χ0n) is 37.0. The number of carbonyl (C=O) groups is 1. The molecule has 14 heteroatoms. The summed E-state index contributed by atoms with van der Waals surface area (Å²) >= 11 is 12.4. The maximum atomic E-state index is 13.5. The average Bonchev–Trinajstić information content (AvgIpc) is 3.39. The number of thioether (sulfide) groups is 2. The number of carbonyl (C=O) groups excluding carboxylic acids is 1. The lowest BCUT2D eigenvalue weighted by molar-refractivity contribution is -0.0333. The number of nitrogens with zero attached hydrogens (tertiary/aromatic N) is 2. The van der Waals surface area contributed by atoms with Gasteiger partial charge in [0.2, 0.25) is 10.0 Å². The van der Waals surface area contributed by atoms with Crippen molar-refractivity contribution in [1.82, 2.24) is 14.9 Å². The summed E-state index contributed by atoms with van der Waals surface area (Å²) in [5.41, 5.74) is 2.32. The lowest BCUT2D eigenvalue weighted by Gasteiger charge is -2.51. The highest BCUT2D eigenvalue weighted by atomic mass is 127. The standard InChI is InChI=1S/C36H45ClN2O5S3.C9H20N2.C2H5I/c1-23-6-3-15-36(41,34-45-16-5-17-46-34)30-11-8-27(30)20-39-21-35(14-4-7-25-18-28(37)10-12-29(25)35)22-44-32-13-9-26(19-31(32)39)33(40)38-47(42,43)24(23)2;1-3-9(4-2)11-7-5-10-6-8-11;1-2-3/h3,9-10,12-13,15,18-19,23-24,27,30,34,41H,4-8,11,14,16-17,20-22H2,1-2H3,(H,38,40);9-10H,3-8H2,1-2H3;2H2,1H3/b15-3+;;/t23-,24+,27-,30+,35-,36-;;/m0../s1. The van der Waals surface area contributed by atoms with Gasteiger partial charge in [-0.15, -0.1) is 23.5 Å². The number of hydrogen-bond donors (Lipinski definition) is 3. The van der Waals surface area contributed by atoms with Gasteiger partial charge in [0.1, 0.15) is 11.4 Å². The molecule has 2 aliphatic carbocycles. The van der Waals surface area contributed by atoms with E-state index in [1.54, 1.807) is 19.1 Å². The van der Waals surface area contributed by atoms with Crippen molar-refractivity contribution in [3.05, 3.63) is 70.3 Å². The maximum Gasteiger partial charge on any atom is 0.264 e. The van der Waals surface area contributed by atoms with E-state index in [0.717, 1.165) is 66.8 Å². The number of halogens is 2. The Kier molecular flexibility index (Phi) is 18.0. The highest BCUT2D eigenvalue weighted by Gasteiger charge is 2.52. The molecular formula is C47H70ClIN4O5S3. The van der Waals surface area contributed by atoms with Gasteiger partial charge in [0.05, 0.1) is 22.1 Å². The van der Waals surface area contributed by atoms with Crippen LogP contribution in [0.25, 0.3) is 0 Å². The molecule has 6 aliphatic rings. The van der Waals surface area contributed by atoms with Crippen LogP contribution in [-0.4, -0.2) is 108 Å². The van der Waals surface area contributed by atoms with E-state index in [2.05, 4.69) is 75.3 Å². The Morgan fingerprint density at radius 2 is 1.75 bits per heavy atom. The minimum Gasteiger partial charge on any atom is -0.490 e. The van der Waals surface area contributed by atoms with E-state index < -0.39 is 26.8 Å². The fourth-order valence-electron chi connectivity index (χ4n) is 10.2. The largest absolute Gasteiger partial charge is 0.490 e. The molecule has 9 nitrogen and oxygen atoms in total. The molecular weight excluding hydrogens is 959 g/mol. The summed E-state index contributed by atoms with van der Waals surface area (Å²) in [5, 5.41) is 16.0. The van der Waals surface area contributed by atoms with Crippen LogP contribution in [-0.2, 0) is 21.9 Å². The third-order valence-electron chi connectivity index (χ3n) is 14.0. The second-order valence-corrected chi connectivity index (χ2v) is 24.6. The van der Waals surface area contributed by atoms with E-state index >= 15 is 0 Å². The summed E-state index contributed by atoms with van der Waals surface area (Å²) in [4.78, 5) is 18.5. The molecule has 61 heavy (non-hydrogen) atoms. The molecule has 2 aromatic rings. The fourth-order valence-corrected chi connectivity index (χ4v) is 14.9. The third-order valence-corrected chi connectivity index (χ3v) is 19.4. The zero-order valence-corrected chi connectivity index (χ0v) is 42.3. The summed E-state index contributed by atoms with van der Waals surface area (Å²) < 4.78 is 37.1. The highest BCUT2D eigenvalue weighted by molar-refractivity contribution is 14.1. The van der Waals surface area contributed by atoms with E-state index in [9.17, 15) is 18.3 Å². The number of sulfonamides is 1. The number of piperazine rings is 1. The van der Waals surface area contributed by atoms with E-state index in [1.165, 1.54) is 54.6 Å². The van der Waals surface area contributed by atoms with Gasteiger partial charge >= 0.3 is 0 Å². The van der Waals surface area contributed by atoms with Crippen molar-refractivity contribution < 1.29 is 23.1 Å². The zero-order chi connectivity index (χ0) is 43.8. The minimum atomic E-state index is -3.95. The number of anilines is 1. The van der Waals surface area contributed by atoms with Crippen LogP contribution in [0.15, 0.2) is 48.6 Å². The van der Waals surface area contributed by atoms with Crippen molar-refractivity contribution in [2.45, 2.75) is 119 Å². The Balaban J connectivity index is 0.000000381. The predicted octanol–water partition coefficient (Wildman–Crippen LogP) is 9.33. The van der Waals surface area contributed by atoms with Gasteiger partial charge in [0, 0.05) is 61.3 Å². The molecule has 2 saturated heterocycles. The summed E-state index contributed by atoms with van der Waals surface area (Å²) in [6.07, 6.45) is 13.1. The van der Waals surface area contributed by atoms with E-state index in [4.69, 9.17) is 16.3 Å². The van der Waals surface area contributed by atoms with Crippen molar-refractivity contribution in [2.75, 3.05) is 66.7 Å². The van der Waals surface area contributed by atoms with Gasteiger partial charge in [-0.05, 0) is 140 Å². The Morgan fingerprint density at radius 3 is 2.43 bits per heavy atom. The number of rotatable bonds is 4. The molecule has 0 radical (unpaired) electrons. The fraction of sp³-hybridized carbons (Fsp3) is 0.681. The second kappa shape index (κ2) is 22.3. The Hall–Kier alpha value is -1.20. The van der Waals surface area contributed by atoms with Gasteiger partial charge in [0.25, 0.3) is 5.91 Å². The van der Waals surface area contributed by atoms with Crippen molar-refractivity contribution in [1.29, 1.82) is 0 Å². The smallest absolute Gasteiger partial charge is 0.264 e. The van der Waals surface area contributed by atoms with Gasteiger partial charge in [-0.2, -0.15) is 0 Å². The van der Waals surface area contributed by atoms with Crippen LogP contribution in [0.1, 0.15) is 107 Å². The van der Waals surface area contributed by atoms with E-state index in [0.29, 0.717) is 31.9 Å². The Bertz CT molecular complexity index is 1910. The predicted molar refractivity (Wildman–Crippen MR) is 267 cm³/mol. The normalized spacial score (nSPS) is 31.0. The molecule has 3 N–H and O–H groups in total. The topological polar surface area (TPSA) is 111 Å². The number of amides is 1. The average molecular weight is 1030 g/mol. The highest BCUT2D eigenvalue weighted by Crippen LogP contribution is 2.53. The summed E-state index contributed by atoms with van der Waals surface area (Å²) in [5.74, 6) is 2.18. The molecule has 1 saturated carbocycles. The van der Waals surface area contributed by atoms with Crippen molar-refractivity contribution >= 4 is 79.3 Å². The first-order valence-corrected chi connectivity index (χ1v) is 28.3. The number of ether oxygens (including phenoxy) is 1. The summed E-state index contributed by atoms with van der Waals surface area (Å²) in [6, 6.07) is 12.3. The van der Waals surface area contributed by atoms with Crippen LogP contribution < -0.4 is 19.7 Å². The minimum absolute atomic E-state index is 0.0302. The molecule has 2 bridgehead atoms. The number of fused-ring (bicyclic) bond motifs is 4. The molecule has 3 fully saturated rings. The number of benzene rings is 2. The molecule has 2 aromatic carbocycles.